The zero-order valence-corrected chi connectivity index (χ0v) is 13.4. The number of rotatable bonds is 6. The molecule has 0 bridgehead atoms. The lowest BCUT2D eigenvalue weighted by Gasteiger charge is -2.35. The summed E-state index contributed by atoms with van der Waals surface area (Å²) in [6, 6.07) is 2.92. The van der Waals surface area contributed by atoms with Crippen molar-refractivity contribution in [3.05, 3.63) is 23.2 Å². The van der Waals surface area contributed by atoms with Crippen LogP contribution >= 0.6 is 0 Å². The summed E-state index contributed by atoms with van der Waals surface area (Å²) in [5.41, 5.74) is 1.33. The smallest absolute Gasteiger partial charge is 0.118 e. The Bertz CT molecular complexity index is 408. The van der Waals surface area contributed by atoms with Crippen molar-refractivity contribution in [3.63, 3.8) is 0 Å². The fraction of sp³-hybridized carbons (Fsp3) is 0.750. The highest BCUT2D eigenvalue weighted by molar-refractivity contribution is 5.20. The van der Waals surface area contributed by atoms with E-state index in [-0.39, 0.29) is 0 Å². The quantitative estimate of drug-likeness (QED) is 0.865. The minimum atomic E-state index is 0.706. The van der Waals surface area contributed by atoms with E-state index in [4.69, 9.17) is 4.42 Å². The van der Waals surface area contributed by atoms with Gasteiger partial charge in [0, 0.05) is 18.2 Å². The zero-order valence-electron chi connectivity index (χ0n) is 13.4. The van der Waals surface area contributed by atoms with Crippen molar-refractivity contribution in [2.75, 3.05) is 33.7 Å². The van der Waals surface area contributed by atoms with E-state index in [0.29, 0.717) is 6.04 Å². The van der Waals surface area contributed by atoms with Crippen molar-refractivity contribution in [3.8, 4) is 0 Å². The highest BCUT2D eigenvalue weighted by Gasteiger charge is 2.21. The third-order valence-corrected chi connectivity index (χ3v) is 4.35. The second-order valence-corrected chi connectivity index (χ2v) is 6.02. The maximum Gasteiger partial charge on any atom is 0.118 e. The van der Waals surface area contributed by atoms with E-state index < -0.39 is 0 Å². The molecule has 0 amide bonds. The Morgan fingerprint density at radius 1 is 1.40 bits per heavy atom. The number of hydrogen-bond donors (Lipinski definition) is 1. The second-order valence-electron chi connectivity index (χ2n) is 6.02. The molecule has 114 valence electrons. The third kappa shape index (κ3) is 4.08. The molecule has 0 spiro atoms. The van der Waals surface area contributed by atoms with Crippen molar-refractivity contribution in [1.29, 1.82) is 0 Å². The molecule has 1 aromatic heterocycles. The molecule has 0 unspecified atom stereocenters. The molecule has 1 aliphatic rings. The van der Waals surface area contributed by atoms with Crippen LogP contribution in [0.15, 0.2) is 10.5 Å². The molecule has 0 saturated carbocycles. The van der Waals surface area contributed by atoms with Crippen molar-refractivity contribution in [2.45, 2.75) is 45.8 Å². The molecule has 1 fully saturated rings. The molecular weight excluding hydrogens is 250 g/mol. The summed E-state index contributed by atoms with van der Waals surface area (Å²) >= 11 is 0. The van der Waals surface area contributed by atoms with Crippen LogP contribution in [0.5, 0.6) is 0 Å². The van der Waals surface area contributed by atoms with Gasteiger partial charge in [-0.2, -0.15) is 0 Å². The van der Waals surface area contributed by atoms with Crippen LogP contribution in [0.25, 0.3) is 0 Å². The molecule has 1 aliphatic heterocycles. The summed E-state index contributed by atoms with van der Waals surface area (Å²) in [6.07, 6.45) is 2.54. The van der Waals surface area contributed by atoms with Crippen molar-refractivity contribution in [2.24, 2.45) is 0 Å². The Labute approximate surface area is 123 Å². The number of piperidine rings is 1. The van der Waals surface area contributed by atoms with Gasteiger partial charge in [-0.05, 0) is 59.6 Å². The molecular formula is C16H29N3O. The van der Waals surface area contributed by atoms with E-state index in [2.05, 4.69) is 49.1 Å². The Morgan fingerprint density at radius 3 is 2.75 bits per heavy atom. The highest BCUT2D eigenvalue weighted by Crippen LogP contribution is 2.20. The third-order valence-electron chi connectivity index (χ3n) is 4.35. The molecule has 0 atom stereocenters. The fourth-order valence-electron chi connectivity index (χ4n) is 2.91. The molecule has 2 rings (SSSR count). The van der Waals surface area contributed by atoms with E-state index >= 15 is 0 Å². The van der Waals surface area contributed by atoms with Gasteiger partial charge in [-0.1, -0.05) is 6.92 Å². The van der Waals surface area contributed by atoms with Crippen LogP contribution < -0.4 is 5.32 Å². The van der Waals surface area contributed by atoms with E-state index in [1.807, 2.05) is 0 Å². The summed E-state index contributed by atoms with van der Waals surface area (Å²) in [5.74, 6) is 2.12. The summed E-state index contributed by atoms with van der Waals surface area (Å²) in [4.78, 5) is 4.91. The van der Waals surface area contributed by atoms with Crippen LogP contribution in [0.1, 0.15) is 36.8 Å². The van der Waals surface area contributed by atoms with Crippen molar-refractivity contribution >= 4 is 0 Å². The van der Waals surface area contributed by atoms with Gasteiger partial charge in [0.1, 0.15) is 11.5 Å². The zero-order chi connectivity index (χ0) is 14.5. The van der Waals surface area contributed by atoms with Crippen LogP contribution in [0.3, 0.4) is 0 Å². The Balaban J connectivity index is 1.90. The minimum absolute atomic E-state index is 0.706. The minimum Gasteiger partial charge on any atom is -0.465 e. The van der Waals surface area contributed by atoms with Crippen LogP contribution in [0.2, 0.25) is 0 Å². The van der Waals surface area contributed by atoms with Gasteiger partial charge in [-0.3, -0.25) is 4.90 Å². The number of nitrogens with zero attached hydrogens (tertiary/aromatic N) is 2. The standard InChI is InChI=1S/C16H29N3O/c1-5-17-11-16-10-14(13(2)20-16)12-19(4)15-6-8-18(3)9-7-15/h10,15,17H,5-9,11-12H2,1-4H3. The fourth-order valence-corrected chi connectivity index (χ4v) is 2.91. The second kappa shape index (κ2) is 7.25. The van der Waals surface area contributed by atoms with Gasteiger partial charge in [0.2, 0.25) is 0 Å². The Kier molecular flexibility index (Phi) is 5.64. The maximum absolute atomic E-state index is 5.82. The molecule has 0 radical (unpaired) electrons. The topological polar surface area (TPSA) is 31.6 Å². The molecule has 1 saturated heterocycles. The van der Waals surface area contributed by atoms with Crippen LogP contribution in [-0.2, 0) is 13.1 Å². The summed E-state index contributed by atoms with van der Waals surface area (Å²) in [6.45, 7) is 9.42. The number of likely N-dealkylation sites (tertiary alicyclic amines) is 1. The van der Waals surface area contributed by atoms with Gasteiger partial charge in [-0.15, -0.1) is 0 Å². The van der Waals surface area contributed by atoms with Gasteiger partial charge in [0.05, 0.1) is 6.54 Å². The maximum atomic E-state index is 5.82. The van der Waals surface area contributed by atoms with Gasteiger partial charge in [0.25, 0.3) is 0 Å². The number of hydrogen-bond acceptors (Lipinski definition) is 4. The molecule has 4 nitrogen and oxygen atoms in total. The largest absolute Gasteiger partial charge is 0.465 e. The predicted octanol–water partition coefficient (Wildman–Crippen LogP) is 2.22. The number of aryl methyl sites for hydroxylation is 1. The van der Waals surface area contributed by atoms with E-state index in [1.54, 1.807) is 0 Å². The number of furan rings is 1. The normalized spacial score (nSPS) is 18.1. The molecule has 2 heterocycles. The summed E-state index contributed by atoms with van der Waals surface area (Å²) < 4.78 is 5.82. The molecule has 1 N–H and O–H groups in total. The van der Waals surface area contributed by atoms with Crippen molar-refractivity contribution in [1.82, 2.24) is 15.1 Å². The molecule has 1 aromatic rings. The first kappa shape index (κ1) is 15.5. The molecule has 20 heavy (non-hydrogen) atoms. The predicted molar refractivity (Wildman–Crippen MR) is 82.8 cm³/mol. The van der Waals surface area contributed by atoms with Gasteiger partial charge in [0.15, 0.2) is 0 Å². The van der Waals surface area contributed by atoms with Crippen LogP contribution in [-0.4, -0.2) is 49.6 Å². The Morgan fingerprint density at radius 2 is 2.10 bits per heavy atom. The van der Waals surface area contributed by atoms with Crippen molar-refractivity contribution < 1.29 is 4.42 Å². The summed E-state index contributed by atoms with van der Waals surface area (Å²) in [5, 5.41) is 3.31. The summed E-state index contributed by atoms with van der Waals surface area (Å²) in [7, 11) is 4.45. The first-order valence-electron chi connectivity index (χ1n) is 7.77. The van der Waals surface area contributed by atoms with E-state index in [0.717, 1.165) is 31.2 Å². The van der Waals surface area contributed by atoms with Crippen LogP contribution in [0.4, 0.5) is 0 Å². The van der Waals surface area contributed by atoms with Crippen LogP contribution in [0, 0.1) is 6.92 Å². The average Bonchev–Trinajstić information content (AvgIpc) is 2.77. The monoisotopic (exact) mass is 279 g/mol. The number of nitrogens with one attached hydrogen (secondary N) is 1. The molecule has 0 aliphatic carbocycles. The first-order valence-corrected chi connectivity index (χ1v) is 7.77. The van der Waals surface area contributed by atoms with Gasteiger partial charge >= 0.3 is 0 Å². The lowest BCUT2D eigenvalue weighted by atomic mass is 10.0. The molecule has 4 heteroatoms. The lowest BCUT2D eigenvalue weighted by molar-refractivity contribution is 0.139. The lowest BCUT2D eigenvalue weighted by Crippen LogP contribution is -2.41. The van der Waals surface area contributed by atoms with Gasteiger partial charge in [-0.25, -0.2) is 0 Å². The molecule has 0 aromatic carbocycles. The van der Waals surface area contributed by atoms with Gasteiger partial charge < -0.3 is 14.6 Å². The average molecular weight is 279 g/mol. The SMILES string of the molecule is CCNCc1cc(CN(C)C2CCN(C)CC2)c(C)o1. The first-order chi connectivity index (χ1) is 9.60. The van der Waals surface area contributed by atoms with E-state index in [1.165, 1.54) is 31.5 Å². The highest BCUT2D eigenvalue weighted by atomic mass is 16.3. The van der Waals surface area contributed by atoms with E-state index in [9.17, 15) is 0 Å². The Hall–Kier alpha value is -0.840.